The van der Waals surface area contributed by atoms with Crippen LogP contribution in [-0.4, -0.2) is 30.1 Å². The number of hydrogen-bond donors (Lipinski definition) is 2. The van der Waals surface area contributed by atoms with E-state index in [1.807, 2.05) is 0 Å². The van der Waals surface area contributed by atoms with Crippen molar-refractivity contribution in [2.45, 2.75) is 18.9 Å². The normalized spacial score (nSPS) is 12.5. The Balaban J connectivity index is 3.70. The van der Waals surface area contributed by atoms with Gasteiger partial charge in [-0.15, -0.1) is 0 Å². The minimum atomic E-state index is -1.23. The maximum absolute atomic E-state index is 10.3. The average molecular weight is 160 g/mol. The molecule has 0 spiro atoms. The molecule has 0 radical (unpaired) electrons. The number of aliphatic carboxylic acids is 2. The third kappa shape index (κ3) is 4.32. The molecule has 0 fully saturated rings. The summed E-state index contributed by atoms with van der Waals surface area (Å²) in [6.07, 6.45) is -0.189. The molecular formula is C6H10NO4-. The maximum Gasteiger partial charge on any atom is 0.320 e. The molecule has 1 unspecified atom stereocenters. The van der Waals surface area contributed by atoms with Crippen LogP contribution in [0.15, 0.2) is 0 Å². The van der Waals surface area contributed by atoms with Crippen molar-refractivity contribution >= 4 is 11.9 Å². The summed E-state index contributed by atoms with van der Waals surface area (Å²) in [5.41, 5.74) is 0. The first-order chi connectivity index (χ1) is 5.07. The largest absolute Gasteiger partial charge is 0.550 e. The molecule has 0 aromatic heterocycles. The zero-order chi connectivity index (χ0) is 8.85. The molecular weight excluding hydrogens is 150 g/mol. The quantitative estimate of drug-likeness (QED) is 0.494. The summed E-state index contributed by atoms with van der Waals surface area (Å²) in [6.45, 7) is 0. The monoisotopic (exact) mass is 160 g/mol. The van der Waals surface area contributed by atoms with Crippen molar-refractivity contribution in [3.8, 4) is 0 Å². The van der Waals surface area contributed by atoms with E-state index in [2.05, 4.69) is 5.32 Å². The van der Waals surface area contributed by atoms with Crippen LogP contribution in [0.4, 0.5) is 0 Å². The van der Waals surface area contributed by atoms with Gasteiger partial charge in [0, 0.05) is 5.97 Å². The molecule has 64 valence electrons. The number of hydrogen-bond acceptors (Lipinski definition) is 4. The lowest BCUT2D eigenvalue weighted by molar-refractivity contribution is -0.305. The number of rotatable bonds is 5. The number of nitrogens with one attached hydrogen (secondary N) is 1. The van der Waals surface area contributed by atoms with Crippen LogP contribution < -0.4 is 10.4 Å². The lowest BCUT2D eigenvalue weighted by Gasteiger charge is -2.10. The Hall–Kier alpha value is -1.10. The Bertz CT molecular complexity index is 157. The SMILES string of the molecule is CNC(CCC(=O)[O-])C(=O)O. The molecule has 1 atom stereocenters. The summed E-state index contributed by atoms with van der Waals surface area (Å²) in [4.78, 5) is 20.2. The fourth-order valence-electron chi connectivity index (χ4n) is 0.653. The van der Waals surface area contributed by atoms with Gasteiger partial charge in [0.05, 0.1) is 0 Å². The van der Waals surface area contributed by atoms with Crippen molar-refractivity contribution in [2.24, 2.45) is 0 Å². The number of carboxylic acid groups (broad SMARTS) is 2. The highest BCUT2D eigenvalue weighted by Crippen LogP contribution is 1.95. The van der Waals surface area contributed by atoms with Crippen molar-refractivity contribution in [3.63, 3.8) is 0 Å². The Kier molecular flexibility index (Phi) is 4.21. The van der Waals surface area contributed by atoms with E-state index in [1.54, 1.807) is 0 Å². The van der Waals surface area contributed by atoms with Crippen LogP contribution >= 0.6 is 0 Å². The highest BCUT2D eigenvalue weighted by molar-refractivity contribution is 5.74. The summed E-state index contributed by atoms with van der Waals surface area (Å²) in [6, 6.07) is -0.798. The van der Waals surface area contributed by atoms with E-state index >= 15 is 0 Å². The molecule has 0 bridgehead atoms. The fraction of sp³-hybridized carbons (Fsp3) is 0.667. The van der Waals surface area contributed by atoms with Crippen LogP contribution in [-0.2, 0) is 9.59 Å². The molecule has 0 aromatic carbocycles. The van der Waals surface area contributed by atoms with Crippen LogP contribution in [0.2, 0.25) is 0 Å². The van der Waals surface area contributed by atoms with Crippen LogP contribution in [0.25, 0.3) is 0 Å². The maximum atomic E-state index is 10.3. The van der Waals surface area contributed by atoms with Crippen molar-refractivity contribution in [2.75, 3.05) is 7.05 Å². The van der Waals surface area contributed by atoms with E-state index in [-0.39, 0.29) is 12.8 Å². The van der Waals surface area contributed by atoms with Gasteiger partial charge >= 0.3 is 5.97 Å². The molecule has 0 saturated heterocycles. The van der Waals surface area contributed by atoms with Gasteiger partial charge in [0.15, 0.2) is 0 Å². The Morgan fingerprint density at radius 2 is 2.18 bits per heavy atom. The van der Waals surface area contributed by atoms with E-state index in [0.717, 1.165) is 0 Å². The van der Waals surface area contributed by atoms with E-state index in [4.69, 9.17) is 5.11 Å². The molecule has 0 saturated carbocycles. The highest BCUT2D eigenvalue weighted by Gasteiger charge is 2.13. The molecule has 0 heterocycles. The van der Waals surface area contributed by atoms with Gasteiger partial charge in [0.1, 0.15) is 6.04 Å². The number of carboxylic acids is 2. The minimum absolute atomic E-state index is 0.0498. The van der Waals surface area contributed by atoms with Crippen LogP contribution in [0.5, 0.6) is 0 Å². The van der Waals surface area contributed by atoms with Crippen molar-refractivity contribution in [1.82, 2.24) is 5.32 Å². The first kappa shape index (κ1) is 9.90. The van der Waals surface area contributed by atoms with Crippen LogP contribution in [0.1, 0.15) is 12.8 Å². The van der Waals surface area contributed by atoms with Gasteiger partial charge < -0.3 is 20.3 Å². The van der Waals surface area contributed by atoms with Gasteiger partial charge in [-0.25, -0.2) is 0 Å². The van der Waals surface area contributed by atoms with Crippen molar-refractivity contribution in [1.29, 1.82) is 0 Å². The molecule has 0 amide bonds. The molecule has 0 rings (SSSR count). The minimum Gasteiger partial charge on any atom is -0.550 e. The summed E-state index contributed by atoms with van der Waals surface area (Å²) in [7, 11) is 1.47. The third-order valence-electron chi connectivity index (χ3n) is 1.28. The standard InChI is InChI=1S/C6H11NO4/c1-7-4(6(10)11)2-3-5(8)9/h4,7H,2-3H2,1H3,(H,8,9)(H,10,11)/p-1. The molecule has 11 heavy (non-hydrogen) atoms. The molecule has 0 aromatic rings. The number of carbonyl (C=O) groups is 2. The predicted molar refractivity (Wildman–Crippen MR) is 34.7 cm³/mol. The van der Waals surface area contributed by atoms with Crippen molar-refractivity contribution < 1.29 is 19.8 Å². The van der Waals surface area contributed by atoms with Crippen molar-refractivity contribution in [3.05, 3.63) is 0 Å². The van der Waals surface area contributed by atoms with Gasteiger partial charge in [0.25, 0.3) is 0 Å². The van der Waals surface area contributed by atoms with Gasteiger partial charge in [-0.3, -0.25) is 4.79 Å². The smallest absolute Gasteiger partial charge is 0.320 e. The lowest BCUT2D eigenvalue weighted by atomic mass is 10.1. The summed E-state index contributed by atoms with van der Waals surface area (Å²) >= 11 is 0. The summed E-state index contributed by atoms with van der Waals surface area (Å²) in [5.74, 6) is -2.28. The van der Waals surface area contributed by atoms with Crippen LogP contribution in [0.3, 0.4) is 0 Å². The second-order valence-corrected chi connectivity index (χ2v) is 2.09. The predicted octanol–water partition coefficient (Wildman–Crippen LogP) is -1.81. The number of carbonyl (C=O) groups excluding carboxylic acids is 1. The lowest BCUT2D eigenvalue weighted by Crippen LogP contribution is -2.35. The topological polar surface area (TPSA) is 89.5 Å². The average Bonchev–Trinajstić information content (AvgIpc) is 1.87. The third-order valence-corrected chi connectivity index (χ3v) is 1.28. The first-order valence-electron chi connectivity index (χ1n) is 3.18. The Labute approximate surface area is 64.0 Å². The van der Waals surface area contributed by atoms with E-state index in [0.29, 0.717) is 0 Å². The van der Waals surface area contributed by atoms with Gasteiger partial charge in [0.2, 0.25) is 0 Å². The Morgan fingerprint density at radius 1 is 1.64 bits per heavy atom. The molecule has 0 aliphatic carbocycles. The van der Waals surface area contributed by atoms with E-state index in [1.165, 1.54) is 7.05 Å². The summed E-state index contributed by atoms with van der Waals surface area (Å²) < 4.78 is 0. The second-order valence-electron chi connectivity index (χ2n) is 2.09. The number of likely N-dealkylation sites (N-methyl/N-ethyl adjacent to an activating group) is 1. The van der Waals surface area contributed by atoms with Gasteiger partial charge in [-0.2, -0.15) is 0 Å². The summed E-state index contributed by atoms with van der Waals surface area (Å²) in [5, 5.41) is 20.8. The highest BCUT2D eigenvalue weighted by atomic mass is 16.4. The van der Waals surface area contributed by atoms with E-state index in [9.17, 15) is 14.7 Å². The molecule has 0 aliphatic heterocycles. The first-order valence-corrected chi connectivity index (χ1v) is 3.18. The molecule has 5 nitrogen and oxygen atoms in total. The zero-order valence-electron chi connectivity index (χ0n) is 6.16. The van der Waals surface area contributed by atoms with E-state index < -0.39 is 18.0 Å². The van der Waals surface area contributed by atoms with Crippen LogP contribution in [0, 0.1) is 0 Å². The Morgan fingerprint density at radius 3 is 2.45 bits per heavy atom. The van der Waals surface area contributed by atoms with Gasteiger partial charge in [-0.05, 0) is 19.9 Å². The molecule has 5 heteroatoms. The second kappa shape index (κ2) is 4.68. The molecule has 0 aliphatic rings. The zero-order valence-corrected chi connectivity index (χ0v) is 6.16. The molecule has 2 N–H and O–H groups in total. The van der Waals surface area contributed by atoms with Gasteiger partial charge in [-0.1, -0.05) is 0 Å². The fourth-order valence-corrected chi connectivity index (χ4v) is 0.653.